The SMILES string of the molecule is Cc1cccc(-n2c(SCc3c(Cl)cccc3Cl)nc3sc4c(c3c2=O)CC(C(C)C)OC4)c1. The molecule has 0 saturated carbocycles. The number of nitrogens with zero attached hydrogens (tertiary/aromatic N) is 2. The van der Waals surface area contributed by atoms with Crippen LogP contribution in [0.1, 0.15) is 35.4 Å². The number of halogens is 2. The Morgan fingerprint density at radius 2 is 1.94 bits per heavy atom. The normalized spacial score (nSPS) is 15.8. The highest BCUT2D eigenvalue weighted by atomic mass is 35.5. The highest BCUT2D eigenvalue weighted by Gasteiger charge is 2.29. The molecule has 0 saturated heterocycles. The molecule has 4 nitrogen and oxygen atoms in total. The number of ether oxygens (including phenoxy) is 1. The maximum Gasteiger partial charge on any atom is 0.267 e. The van der Waals surface area contributed by atoms with Crippen molar-refractivity contribution < 1.29 is 4.74 Å². The third kappa shape index (κ3) is 4.42. The number of fused-ring (bicyclic) bond motifs is 3. The minimum Gasteiger partial charge on any atom is -0.372 e. The van der Waals surface area contributed by atoms with Crippen molar-refractivity contribution >= 4 is 56.5 Å². The Morgan fingerprint density at radius 1 is 1.21 bits per heavy atom. The summed E-state index contributed by atoms with van der Waals surface area (Å²) in [6.07, 6.45) is 0.841. The van der Waals surface area contributed by atoms with Gasteiger partial charge >= 0.3 is 0 Å². The monoisotopic (exact) mass is 530 g/mol. The van der Waals surface area contributed by atoms with Crippen LogP contribution in [0.5, 0.6) is 0 Å². The second kappa shape index (κ2) is 9.67. The van der Waals surface area contributed by atoms with Gasteiger partial charge in [-0.15, -0.1) is 11.3 Å². The van der Waals surface area contributed by atoms with Crippen LogP contribution in [0.25, 0.3) is 15.9 Å². The lowest BCUT2D eigenvalue weighted by atomic mass is 9.96. The molecule has 1 unspecified atom stereocenters. The molecule has 8 heteroatoms. The molecule has 0 spiro atoms. The van der Waals surface area contributed by atoms with Crippen LogP contribution in [0, 0.1) is 12.8 Å². The van der Waals surface area contributed by atoms with Gasteiger partial charge in [0.1, 0.15) is 4.83 Å². The van der Waals surface area contributed by atoms with Crippen LogP contribution in [0.15, 0.2) is 52.4 Å². The zero-order valence-electron chi connectivity index (χ0n) is 19.1. The average Bonchev–Trinajstić information content (AvgIpc) is 3.16. The fourth-order valence-electron chi connectivity index (χ4n) is 4.23. The number of aryl methyl sites for hydroxylation is 1. The number of hydrogen-bond acceptors (Lipinski definition) is 5. The molecule has 2 aromatic heterocycles. The molecule has 0 aliphatic carbocycles. The third-order valence-corrected chi connectivity index (χ3v) is 8.89. The first-order valence-corrected chi connectivity index (χ1v) is 13.7. The molecule has 1 aliphatic heterocycles. The summed E-state index contributed by atoms with van der Waals surface area (Å²) in [7, 11) is 0. The van der Waals surface area contributed by atoms with E-state index in [1.54, 1.807) is 15.9 Å². The van der Waals surface area contributed by atoms with Gasteiger partial charge in [-0.1, -0.05) is 67.0 Å². The van der Waals surface area contributed by atoms with Crippen LogP contribution in [0.2, 0.25) is 10.0 Å². The first-order valence-electron chi connectivity index (χ1n) is 11.1. The lowest BCUT2D eigenvalue weighted by Gasteiger charge is -2.26. The Kier molecular flexibility index (Phi) is 6.79. The van der Waals surface area contributed by atoms with Gasteiger partial charge in [-0.3, -0.25) is 9.36 Å². The van der Waals surface area contributed by atoms with Crippen molar-refractivity contribution in [1.82, 2.24) is 9.55 Å². The smallest absolute Gasteiger partial charge is 0.267 e. The predicted molar refractivity (Wildman–Crippen MR) is 143 cm³/mol. The summed E-state index contributed by atoms with van der Waals surface area (Å²) in [6, 6.07) is 13.4. The lowest BCUT2D eigenvalue weighted by Crippen LogP contribution is -2.28. The van der Waals surface area contributed by atoms with Gasteiger partial charge in [0, 0.05) is 27.1 Å². The fraction of sp³-hybridized carbons (Fsp3) is 0.308. The van der Waals surface area contributed by atoms with Gasteiger partial charge in [0.15, 0.2) is 5.16 Å². The van der Waals surface area contributed by atoms with Crippen molar-refractivity contribution in [2.75, 3.05) is 0 Å². The van der Waals surface area contributed by atoms with E-state index in [-0.39, 0.29) is 11.7 Å². The number of aromatic nitrogens is 2. The van der Waals surface area contributed by atoms with Gasteiger partial charge < -0.3 is 4.74 Å². The average molecular weight is 532 g/mol. The Labute approximate surface area is 216 Å². The van der Waals surface area contributed by atoms with Gasteiger partial charge in [0.2, 0.25) is 0 Å². The number of rotatable bonds is 5. The Morgan fingerprint density at radius 3 is 2.65 bits per heavy atom. The quantitative estimate of drug-likeness (QED) is 0.198. The van der Waals surface area contributed by atoms with E-state index in [1.807, 2.05) is 49.4 Å². The van der Waals surface area contributed by atoms with Crippen molar-refractivity contribution in [2.45, 2.75) is 50.8 Å². The van der Waals surface area contributed by atoms with Crippen molar-refractivity contribution in [1.29, 1.82) is 0 Å². The van der Waals surface area contributed by atoms with E-state index in [2.05, 4.69) is 13.8 Å². The molecule has 1 atom stereocenters. The number of thioether (sulfide) groups is 1. The first kappa shape index (κ1) is 23.9. The van der Waals surface area contributed by atoms with E-state index in [0.717, 1.165) is 43.9 Å². The number of hydrogen-bond donors (Lipinski definition) is 0. The topological polar surface area (TPSA) is 44.1 Å². The van der Waals surface area contributed by atoms with Crippen LogP contribution < -0.4 is 5.56 Å². The summed E-state index contributed by atoms with van der Waals surface area (Å²) in [5.74, 6) is 0.886. The zero-order valence-corrected chi connectivity index (χ0v) is 22.2. The summed E-state index contributed by atoms with van der Waals surface area (Å²) in [5, 5.41) is 2.55. The molecule has 0 fully saturated rings. The first-order chi connectivity index (χ1) is 16.3. The highest BCUT2D eigenvalue weighted by Crippen LogP contribution is 2.37. The zero-order chi connectivity index (χ0) is 24.0. The molecule has 0 bridgehead atoms. The second-order valence-electron chi connectivity index (χ2n) is 8.84. The number of thiophene rings is 1. The van der Waals surface area contributed by atoms with E-state index in [0.29, 0.717) is 33.5 Å². The summed E-state index contributed by atoms with van der Waals surface area (Å²) >= 11 is 15.8. The predicted octanol–water partition coefficient (Wildman–Crippen LogP) is 7.45. The third-order valence-electron chi connectivity index (χ3n) is 6.12. The molecule has 5 rings (SSSR count). The molecule has 4 aromatic rings. The molecular formula is C26H24Cl2N2O2S2. The van der Waals surface area contributed by atoms with E-state index in [4.69, 9.17) is 32.9 Å². The van der Waals surface area contributed by atoms with E-state index in [1.165, 1.54) is 11.8 Å². The summed E-state index contributed by atoms with van der Waals surface area (Å²) in [4.78, 5) is 20.9. The molecule has 0 radical (unpaired) electrons. The molecule has 34 heavy (non-hydrogen) atoms. The van der Waals surface area contributed by atoms with Crippen molar-refractivity contribution in [3.8, 4) is 5.69 Å². The van der Waals surface area contributed by atoms with E-state index in [9.17, 15) is 4.79 Å². The summed E-state index contributed by atoms with van der Waals surface area (Å²) in [5.41, 5.74) is 3.77. The van der Waals surface area contributed by atoms with Crippen LogP contribution in [0.4, 0.5) is 0 Å². The summed E-state index contributed by atoms with van der Waals surface area (Å²) < 4.78 is 7.80. The summed E-state index contributed by atoms with van der Waals surface area (Å²) in [6.45, 7) is 6.86. The maximum atomic E-state index is 14.0. The second-order valence-corrected chi connectivity index (χ2v) is 11.7. The largest absolute Gasteiger partial charge is 0.372 e. The van der Waals surface area contributed by atoms with Crippen molar-refractivity contribution in [3.05, 3.63) is 84.4 Å². The van der Waals surface area contributed by atoms with Gasteiger partial charge in [-0.05, 0) is 53.8 Å². The van der Waals surface area contributed by atoms with E-state index >= 15 is 0 Å². The standard InChI is InChI=1S/C26H24Cl2N2O2S2/c1-14(2)21-11-17-22(12-32-21)34-24-23(17)25(31)30(16-7-4-6-15(3)10-16)26(29-24)33-13-18-19(27)8-5-9-20(18)28/h4-10,14,21H,11-13H2,1-3H3. The van der Waals surface area contributed by atoms with Crippen molar-refractivity contribution in [3.63, 3.8) is 0 Å². The molecule has 2 aromatic carbocycles. The van der Waals surface area contributed by atoms with Gasteiger partial charge in [0.05, 0.1) is 23.8 Å². The Bertz CT molecular complexity index is 1420. The molecule has 1 aliphatic rings. The van der Waals surface area contributed by atoms with Crippen molar-refractivity contribution in [2.24, 2.45) is 5.92 Å². The molecular weight excluding hydrogens is 507 g/mol. The molecule has 176 valence electrons. The Hall–Kier alpha value is -1.83. The number of benzene rings is 2. The van der Waals surface area contributed by atoms with Crippen LogP contribution in [-0.2, 0) is 23.5 Å². The van der Waals surface area contributed by atoms with Gasteiger partial charge in [-0.25, -0.2) is 4.98 Å². The van der Waals surface area contributed by atoms with Crippen LogP contribution in [0.3, 0.4) is 0 Å². The highest BCUT2D eigenvalue weighted by molar-refractivity contribution is 7.98. The van der Waals surface area contributed by atoms with E-state index < -0.39 is 0 Å². The van der Waals surface area contributed by atoms with Gasteiger partial charge in [0.25, 0.3) is 5.56 Å². The molecule has 0 amide bonds. The fourth-order valence-corrected chi connectivity index (χ4v) is 7.15. The minimum absolute atomic E-state index is 0.0368. The van der Waals surface area contributed by atoms with Crippen LogP contribution >= 0.6 is 46.3 Å². The maximum absolute atomic E-state index is 14.0. The minimum atomic E-state index is -0.0368. The molecule has 3 heterocycles. The lowest BCUT2D eigenvalue weighted by molar-refractivity contribution is 0.00200. The molecule has 0 N–H and O–H groups in total. The Balaban J connectivity index is 1.67. The van der Waals surface area contributed by atoms with Crippen LogP contribution in [-0.4, -0.2) is 15.7 Å². The van der Waals surface area contributed by atoms with Gasteiger partial charge in [-0.2, -0.15) is 0 Å².